The monoisotopic (exact) mass is 269 g/mol. The molecule has 1 rings (SSSR count). The van der Waals surface area contributed by atoms with Gasteiger partial charge >= 0.3 is 5.97 Å². The summed E-state index contributed by atoms with van der Waals surface area (Å²) in [4.78, 5) is 28.7. The lowest BCUT2D eigenvalue weighted by Crippen LogP contribution is -2.35. The van der Waals surface area contributed by atoms with Crippen LogP contribution in [-0.2, 0) is 9.53 Å². The van der Waals surface area contributed by atoms with Gasteiger partial charge in [0.2, 0.25) is 11.8 Å². The van der Waals surface area contributed by atoms with E-state index in [-0.39, 0.29) is 24.2 Å². The second-order valence-corrected chi connectivity index (χ2v) is 4.33. The van der Waals surface area contributed by atoms with Crippen molar-refractivity contribution in [2.75, 3.05) is 27.7 Å². The molecule has 1 heterocycles. The zero-order chi connectivity index (χ0) is 14.4. The Labute approximate surface area is 111 Å². The van der Waals surface area contributed by atoms with Gasteiger partial charge in [0, 0.05) is 0 Å². The highest BCUT2D eigenvalue weighted by molar-refractivity contribution is 5.86. The van der Waals surface area contributed by atoms with Gasteiger partial charge in [0.05, 0.1) is 13.7 Å². The molecule has 7 nitrogen and oxygen atoms in total. The minimum absolute atomic E-state index is 0.0952. The molecule has 0 radical (unpaired) electrons. The van der Waals surface area contributed by atoms with Gasteiger partial charge in [-0.3, -0.25) is 4.79 Å². The quantitative estimate of drug-likeness (QED) is 0.761. The van der Waals surface area contributed by atoms with Crippen molar-refractivity contribution in [3.8, 4) is 0 Å². The molecule has 1 N–H and O–H groups in total. The van der Waals surface area contributed by atoms with Crippen LogP contribution in [0.4, 0.5) is 0 Å². The molecule has 0 aliphatic rings. The Hall–Kier alpha value is -1.89. The maximum Gasteiger partial charge on any atom is 0.360 e. The number of nitrogens with zero attached hydrogens (tertiary/aromatic N) is 2. The van der Waals surface area contributed by atoms with Crippen LogP contribution < -0.4 is 5.32 Å². The first-order chi connectivity index (χ1) is 8.97. The maximum absolute atomic E-state index is 11.7. The number of rotatable bonds is 6. The van der Waals surface area contributed by atoms with E-state index in [2.05, 4.69) is 15.0 Å². The lowest BCUT2D eigenvalue weighted by atomic mass is 10.2. The van der Waals surface area contributed by atoms with Crippen molar-refractivity contribution in [3.63, 3.8) is 0 Å². The highest BCUT2D eigenvalue weighted by atomic mass is 16.5. The second-order valence-electron chi connectivity index (χ2n) is 4.33. The number of hydrogen-bond acceptors (Lipinski definition) is 6. The van der Waals surface area contributed by atoms with E-state index in [0.29, 0.717) is 12.3 Å². The first-order valence-corrected chi connectivity index (χ1v) is 5.95. The standard InChI is InChI=1S/C12H19N3O4/c1-5-8(13-10(16)6-15(2)3)11-14-9(7-19-11)12(17)18-4/h7-8H,5-6H2,1-4H3,(H,13,16)/t8-/m0/s1. The fraction of sp³-hybridized carbons (Fsp3) is 0.583. The third-order valence-electron chi connectivity index (χ3n) is 2.42. The Morgan fingerprint density at radius 3 is 2.74 bits per heavy atom. The van der Waals surface area contributed by atoms with E-state index in [1.54, 1.807) is 19.0 Å². The van der Waals surface area contributed by atoms with E-state index >= 15 is 0 Å². The number of nitrogens with one attached hydrogen (secondary N) is 1. The fourth-order valence-electron chi connectivity index (χ4n) is 1.51. The van der Waals surface area contributed by atoms with E-state index in [1.165, 1.54) is 13.4 Å². The van der Waals surface area contributed by atoms with Gasteiger partial charge in [0.15, 0.2) is 5.69 Å². The van der Waals surface area contributed by atoms with Crippen LogP contribution in [-0.4, -0.2) is 49.5 Å². The van der Waals surface area contributed by atoms with E-state index in [0.717, 1.165) is 0 Å². The molecule has 106 valence electrons. The Kier molecular flexibility index (Phi) is 5.50. The summed E-state index contributed by atoms with van der Waals surface area (Å²) < 4.78 is 9.75. The average molecular weight is 269 g/mol. The van der Waals surface area contributed by atoms with Crippen molar-refractivity contribution in [2.24, 2.45) is 0 Å². The van der Waals surface area contributed by atoms with Crippen molar-refractivity contribution in [2.45, 2.75) is 19.4 Å². The van der Waals surface area contributed by atoms with Crippen molar-refractivity contribution < 1.29 is 18.7 Å². The molecule has 0 fully saturated rings. The minimum atomic E-state index is -0.565. The van der Waals surface area contributed by atoms with Gasteiger partial charge in [-0.25, -0.2) is 9.78 Å². The van der Waals surface area contributed by atoms with Crippen LogP contribution in [0.5, 0.6) is 0 Å². The highest BCUT2D eigenvalue weighted by Gasteiger charge is 2.20. The van der Waals surface area contributed by atoms with Crippen LogP contribution in [0.1, 0.15) is 35.8 Å². The summed E-state index contributed by atoms with van der Waals surface area (Å²) in [6.45, 7) is 2.17. The van der Waals surface area contributed by atoms with Gasteiger partial charge in [-0.1, -0.05) is 6.92 Å². The number of oxazole rings is 1. The normalized spacial score (nSPS) is 12.3. The zero-order valence-corrected chi connectivity index (χ0v) is 11.6. The molecule has 19 heavy (non-hydrogen) atoms. The minimum Gasteiger partial charge on any atom is -0.464 e. The summed E-state index contributed by atoms with van der Waals surface area (Å²) in [6, 6.07) is -0.356. The predicted molar refractivity (Wildman–Crippen MR) is 67.6 cm³/mol. The Morgan fingerprint density at radius 2 is 2.21 bits per heavy atom. The summed E-state index contributed by atoms with van der Waals surface area (Å²) >= 11 is 0. The first kappa shape index (κ1) is 15.2. The lowest BCUT2D eigenvalue weighted by molar-refractivity contribution is -0.122. The summed E-state index contributed by atoms with van der Waals surface area (Å²) in [5.74, 6) is -0.394. The summed E-state index contributed by atoms with van der Waals surface area (Å²) in [6.07, 6.45) is 1.84. The van der Waals surface area contributed by atoms with Crippen molar-refractivity contribution >= 4 is 11.9 Å². The van der Waals surface area contributed by atoms with Gasteiger partial charge in [-0.15, -0.1) is 0 Å². The van der Waals surface area contributed by atoms with Crippen LogP contribution >= 0.6 is 0 Å². The number of likely N-dealkylation sites (N-methyl/N-ethyl adjacent to an activating group) is 1. The summed E-state index contributed by atoms with van der Waals surface area (Å²) in [7, 11) is 4.88. The smallest absolute Gasteiger partial charge is 0.360 e. The molecule has 1 amide bonds. The number of carbonyl (C=O) groups is 2. The third-order valence-corrected chi connectivity index (χ3v) is 2.42. The van der Waals surface area contributed by atoms with Gasteiger partial charge in [-0.2, -0.15) is 0 Å². The van der Waals surface area contributed by atoms with Crippen molar-refractivity contribution in [1.82, 2.24) is 15.2 Å². The Bertz CT molecular complexity index is 442. The van der Waals surface area contributed by atoms with E-state index < -0.39 is 5.97 Å². The van der Waals surface area contributed by atoms with E-state index in [4.69, 9.17) is 4.42 Å². The molecule has 0 bridgehead atoms. The summed E-state index contributed by atoms with van der Waals surface area (Å²) in [5, 5.41) is 2.80. The van der Waals surface area contributed by atoms with Crippen LogP contribution in [0, 0.1) is 0 Å². The van der Waals surface area contributed by atoms with Gasteiger partial charge in [0.1, 0.15) is 12.3 Å². The Morgan fingerprint density at radius 1 is 1.53 bits per heavy atom. The van der Waals surface area contributed by atoms with Crippen molar-refractivity contribution in [1.29, 1.82) is 0 Å². The number of hydrogen-bond donors (Lipinski definition) is 1. The number of aromatic nitrogens is 1. The number of carbonyl (C=O) groups excluding carboxylic acids is 2. The molecule has 1 aromatic heterocycles. The van der Waals surface area contributed by atoms with Crippen LogP contribution in [0.25, 0.3) is 0 Å². The van der Waals surface area contributed by atoms with Crippen LogP contribution in [0.15, 0.2) is 10.7 Å². The lowest BCUT2D eigenvalue weighted by Gasteiger charge is -2.15. The molecular weight excluding hydrogens is 250 g/mol. The number of esters is 1. The molecule has 0 saturated heterocycles. The summed E-state index contributed by atoms with van der Waals surface area (Å²) in [5.41, 5.74) is 0.0952. The molecule has 7 heteroatoms. The highest BCUT2D eigenvalue weighted by Crippen LogP contribution is 2.16. The molecule has 1 atom stereocenters. The molecule has 0 aliphatic heterocycles. The topological polar surface area (TPSA) is 84.7 Å². The molecule has 1 aromatic rings. The average Bonchev–Trinajstić information content (AvgIpc) is 2.83. The number of methoxy groups -OCH3 is 1. The van der Waals surface area contributed by atoms with Gasteiger partial charge in [-0.05, 0) is 20.5 Å². The molecule has 0 saturated carbocycles. The van der Waals surface area contributed by atoms with E-state index in [1.807, 2.05) is 6.92 Å². The molecule has 0 aliphatic carbocycles. The first-order valence-electron chi connectivity index (χ1n) is 5.95. The predicted octanol–water partition coefficient (Wildman–Crippen LogP) is 0.590. The van der Waals surface area contributed by atoms with E-state index in [9.17, 15) is 9.59 Å². The molecule has 0 spiro atoms. The fourth-order valence-corrected chi connectivity index (χ4v) is 1.51. The molecule has 0 aromatic carbocycles. The molecular formula is C12H19N3O4. The van der Waals surface area contributed by atoms with Crippen molar-refractivity contribution in [3.05, 3.63) is 17.8 Å². The second kappa shape index (κ2) is 6.89. The van der Waals surface area contributed by atoms with Gasteiger partial charge < -0.3 is 19.4 Å². The zero-order valence-electron chi connectivity index (χ0n) is 11.6. The number of amides is 1. The van der Waals surface area contributed by atoms with Gasteiger partial charge in [0.25, 0.3) is 0 Å². The Balaban J connectivity index is 2.72. The third kappa shape index (κ3) is 4.36. The van der Waals surface area contributed by atoms with Crippen LogP contribution in [0.2, 0.25) is 0 Å². The molecule has 0 unspecified atom stereocenters. The van der Waals surface area contributed by atoms with Crippen LogP contribution in [0.3, 0.4) is 0 Å². The largest absolute Gasteiger partial charge is 0.464 e. The maximum atomic E-state index is 11.7. The SMILES string of the molecule is CC[C@H](NC(=O)CN(C)C)c1nc(C(=O)OC)co1. The number of ether oxygens (including phenoxy) is 1.